The van der Waals surface area contributed by atoms with Gasteiger partial charge in [0.15, 0.2) is 0 Å². The number of thioether (sulfide) groups is 1. The summed E-state index contributed by atoms with van der Waals surface area (Å²) in [6, 6.07) is 11.9. The van der Waals surface area contributed by atoms with Crippen molar-refractivity contribution in [3.63, 3.8) is 0 Å². The lowest BCUT2D eigenvalue weighted by molar-refractivity contribution is 1.18. The molecule has 0 aliphatic carbocycles. The molecule has 0 radical (unpaired) electrons. The van der Waals surface area contributed by atoms with E-state index >= 15 is 0 Å². The minimum Gasteiger partial charge on any atom is -0.384 e. The number of fused-ring (bicyclic) bond motifs is 1. The number of nitrogen functional groups attached to an aromatic ring is 1. The number of nitrogens with zero attached hydrogens (tertiary/aromatic N) is 3. The quantitative estimate of drug-likeness (QED) is 0.749. The molecule has 0 spiro atoms. The van der Waals surface area contributed by atoms with Crippen LogP contribution in [-0.2, 0) is 5.75 Å². The molecule has 0 aliphatic heterocycles. The molecule has 2 N–H and O–H groups in total. The highest BCUT2D eigenvalue weighted by Crippen LogP contribution is 2.26. The van der Waals surface area contributed by atoms with Crippen molar-refractivity contribution in [2.24, 2.45) is 0 Å². The maximum absolute atomic E-state index is 9.34. The van der Waals surface area contributed by atoms with Gasteiger partial charge in [-0.2, -0.15) is 5.26 Å². The molecule has 0 amide bonds. The summed E-state index contributed by atoms with van der Waals surface area (Å²) in [6.45, 7) is 0. The number of pyridine rings is 2. The summed E-state index contributed by atoms with van der Waals surface area (Å²) in [5.74, 6) is 1.25. The number of hydrogen-bond acceptors (Lipinski definition) is 4. The van der Waals surface area contributed by atoms with Crippen LogP contribution in [0.4, 0.5) is 5.82 Å². The van der Waals surface area contributed by atoms with Crippen molar-refractivity contribution in [1.82, 2.24) is 9.38 Å². The Morgan fingerprint density at radius 3 is 2.95 bits per heavy atom. The molecule has 0 saturated heterocycles. The minimum atomic E-state index is 0.515. The summed E-state index contributed by atoms with van der Waals surface area (Å²) in [6.07, 6.45) is 5.71. The Labute approximate surface area is 120 Å². The predicted molar refractivity (Wildman–Crippen MR) is 80.3 cm³/mol. The van der Waals surface area contributed by atoms with Gasteiger partial charge in [-0.3, -0.25) is 0 Å². The van der Waals surface area contributed by atoms with Crippen molar-refractivity contribution in [3.05, 3.63) is 60.0 Å². The first-order chi connectivity index (χ1) is 9.78. The van der Waals surface area contributed by atoms with Gasteiger partial charge in [-0.15, -0.1) is 11.8 Å². The summed E-state index contributed by atoms with van der Waals surface area (Å²) in [7, 11) is 0. The molecule has 3 heterocycles. The van der Waals surface area contributed by atoms with E-state index in [-0.39, 0.29) is 0 Å². The van der Waals surface area contributed by atoms with Gasteiger partial charge in [0, 0.05) is 29.2 Å². The van der Waals surface area contributed by atoms with Crippen LogP contribution in [0.15, 0.2) is 53.8 Å². The fourth-order valence-corrected chi connectivity index (χ4v) is 2.89. The van der Waals surface area contributed by atoms with Gasteiger partial charge in [0.1, 0.15) is 11.9 Å². The van der Waals surface area contributed by atoms with Crippen LogP contribution in [-0.4, -0.2) is 9.38 Å². The molecule has 98 valence electrons. The first-order valence-corrected chi connectivity index (χ1v) is 7.09. The molecular formula is C15H12N4S. The smallest absolute Gasteiger partial charge is 0.123 e. The largest absolute Gasteiger partial charge is 0.384 e. The Morgan fingerprint density at radius 1 is 1.30 bits per heavy atom. The highest BCUT2D eigenvalue weighted by Gasteiger charge is 2.10. The number of hydrogen-bond donors (Lipinski definition) is 1. The van der Waals surface area contributed by atoms with E-state index in [0.717, 1.165) is 27.3 Å². The van der Waals surface area contributed by atoms with Crippen molar-refractivity contribution in [2.45, 2.75) is 10.6 Å². The highest BCUT2D eigenvalue weighted by atomic mass is 32.2. The maximum atomic E-state index is 9.34. The average Bonchev–Trinajstić information content (AvgIpc) is 2.84. The molecule has 0 fully saturated rings. The van der Waals surface area contributed by atoms with Crippen molar-refractivity contribution < 1.29 is 0 Å². The van der Waals surface area contributed by atoms with E-state index in [1.54, 1.807) is 24.0 Å². The molecule has 20 heavy (non-hydrogen) atoms. The summed E-state index contributed by atoms with van der Waals surface area (Å²) >= 11 is 1.64. The number of rotatable bonds is 3. The molecule has 3 aromatic heterocycles. The van der Waals surface area contributed by atoms with Crippen LogP contribution in [0.5, 0.6) is 0 Å². The van der Waals surface area contributed by atoms with Crippen LogP contribution < -0.4 is 5.73 Å². The van der Waals surface area contributed by atoms with Crippen molar-refractivity contribution in [2.75, 3.05) is 5.73 Å². The molecular weight excluding hydrogens is 268 g/mol. The molecule has 4 nitrogen and oxygen atoms in total. The first kappa shape index (κ1) is 12.6. The van der Waals surface area contributed by atoms with Crippen LogP contribution in [0.2, 0.25) is 0 Å². The number of aromatic nitrogens is 2. The van der Waals surface area contributed by atoms with E-state index in [2.05, 4.69) is 11.1 Å². The van der Waals surface area contributed by atoms with E-state index in [0.29, 0.717) is 5.82 Å². The Balaban J connectivity index is 1.87. The molecule has 0 saturated carbocycles. The topological polar surface area (TPSA) is 67.1 Å². The van der Waals surface area contributed by atoms with Crippen LogP contribution in [0.1, 0.15) is 11.1 Å². The molecule has 0 atom stereocenters. The number of nitrogens with two attached hydrogens (primary N) is 1. The molecule has 5 heteroatoms. The lowest BCUT2D eigenvalue weighted by Gasteiger charge is -2.00. The number of anilines is 1. The molecule has 3 rings (SSSR count). The highest BCUT2D eigenvalue weighted by molar-refractivity contribution is 7.98. The fourth-order valence-electron chi connectivity index (χ4n) is 2.05. The third kappa shape index (κ3) is 2.33. The lowest BCUT2D eigenvalue weighted by atomic mass is 10.2. The summed E-state index contributed by atoms with van der Waals surface area (Å²) < 4.78 is 1.98. The van der Waals surface area contributed by atoms with Gasteiger partial charge in [-0.1, -0.05) is 6.07 Å². The van der Waals surface area contributed by atoms with Crippen LogP contribution >= 0.6 is 11.8 Å². The number of nitriles is 1. The Morgan fingerprint density at radius 2 is 2.20 bits per heavy atom. The molecule has 3 aromatic rings. The van der Waals surface area contributed by atoms with Gasteiger partial charge in [-0.05, 0) is 29.8 Å². The Hall–Kier alpha value is -2.45. The van der Waals surface area contributed by atoms with Crippen molar-refractivity contribution >= 4 is 23.1 Å². The molecule has 0 unspecified atom stereocenters. The molecule has 0 aliphatic rings. The maximum Gasteiger partial charge on any atom is 0.123 e. The third-order valence-corrected chi connectivity index (χ3v) is 4.06. The summed E-state index contributed by atoms with van der Waals surface area (Å²) in [4.78, 5) is 5.10. The molecule has 0 bridgehead atoms. The van der Waals surface area contributed by atoms with Gasteiger partial charge in [0.2, 0.25) is 0 Å². The average molecular weight is 280 g/mol. The van der Waals surface area contributed by atoms with E-state index in [1.807, 2.05) is 41.1 Å². The second kappa shape index (κ2) is 5.27. The van der Waals surface area contributed by atoms with E-state index < -0.39 is 0 Å². The zero-order valence-electron chi connectivity index (χ0n) is 10.7. The zero-order valence-corrected chi connectivity index (χ0v) is 11.5. The van der Waals surface area contributed by atoms with E-state index in [4.69, 9.17) is 5.73 Å². The van der Waals surface area contributed by atoms with Gasteiger partial charge in [-0.25, -0.2) is 4.98 Å². The Kier molecular flexibility index (Phi) is 3.32. The van der Waals surface area contributed by atoms with Crippen molar-refractivity contribution in [3.8, 4) is 6.07 Å². The zero-order chi connectivity index (χ0) is 13.9. The third-order valence-electron chi connectivity index (χ3n) is 3.03. The van der Waals surface area contributed by atoms with Gasteiger partial charge in [0.05, 0.1) is 11.1 Å². The van der Waals surface area contributed by atoms with Gasteiger partial charge in [0.25, 0.3) is 0 Å². The summed E-state index contributed by atoms with van der Waals surface area (Å²) in [5, 5.41) is 9.34. The standard InChI is InChI=1S/C15H12N4S/c16-7-13-11(9-19-6-2-1-3-14(13)19)10-20-12-4-5-15(17)18-8-12/h1-6,8-9H,10H2,(H2,17,18). The minimum absolute atomic E-state index is 0.515. The molecule has 0 aromatic carbocycles. The second-order valence-electron chi connectivity index (χ2n) is 4.34. The van der Waals surface area contributed by atoms with Gasteiger partial charge >= 0.3 is 0 Å². The monoisotopic (exact) mass is 280 g/mol. The van der Waals surface area contributed by atoms with Crippen LogP contribution in [0.25, 0.3) is 5.52 Å². The normalized spacial score (nSPS) is 10.6. The van der Waals surface area contributed by atoms with Gasteiger partial charge < -0.3 is 10.1 Å². The van der Waals surface area contributed by atoms with E-state index in [1.165, 1.54) is 0 Å². The first-order valence-electron chi connectivity index (χ1n) is 6.11. The van der Waals surface area contributed by atoms with Crippen LogP contribution in [0, 0.1) is 11.3 Å². The Bertz CT molecular complexity index is 784. The SMILES string of the molecule is N#Cc1c(CSc2ccc(N)nc2)cn2ccccc12. The fraction of sp³-hybridized carbons (Fsp3) is 0.0667. The van der Waals surface area contributed by atoms with Crippen molar-refractivity contribution in [1.29, 1.82) is 5.26 Å². The van der Waals surface area contributed by atoms with Crippen LogP contribution in [0.3, 0.4) is 0 Å². The lowest BCUT2D eigenvalue weighted by Crippen LogP contribution is -1.88. The second-order valence-corrected chi connectivity index (χ2v) is 5.39. The predicted octanol–water partition coefficient (Wildman–Crippen LogP) is 3.08. The summed E-state index contributed by atoms with van der Waals surface area (Å²) in [5.41, 5.74) is 8.27. The van der Waals surface area contributed by atoms with E-state index in [9.17, 15) is 5.26 Å².